The van der Waals surface area contributed by atoms with Crippen molar-refractivity contribution in [2.75, 3.05) is 43.4 Å². The Hall–Kier alpha value is -3.88. The van der Waals surface area contributed by atoms with E-state index in [0.29, 0.717) is 17.5 Å². The summed E-state index contributed by atoms with van der Waals surface area (Å²) in [6, 6.07) is 5.12. The van der Waals surface area contributed by atoms with E-state index in [1.165, 1.54) is 6.07 Å². The van der Waals surface area contributed by atoms with Crippen LogP contribution >= 0.6 is 0 Å². The Morgan fingerprint density at radius 3 is 2.45 bits per heavy atom. The number of rotatable bonds is 9. The second kappa shape index (κ2) is 13.3. The lowest BCUT2D eigenvalue weighted by atomic mass is 9.81. The Balaban J connectivity index is 1.35. The van der Waals surface area contributed by atoms with E-state index in [0.717, 1.165) is 81.3 Å². The molecule has 10 nitrogen and oxygen atoms in total. The van der Waals surface area contributed by atoms with Crippen molar-refractivity contribution in [3.63, 3.8) is 0 Å². The van der Waals surface area contributed by atoms with Gasteiger partial charge in [-0.2, -0.15) is 5.10 Å². The van der Waals surface area contributed by atoms with E-state index >= 15 is 8.78 Å². The zero-order valence-corrected chi connectivity index (χ0v) is 27.4. The molecule has 1 saturated carbocycles. The van der Waals surface area contributed by atoms with Crippen molar-refractivity contribution >= 4 is 32.4 Å². The number of nitrogen functional groups attached to an aromatic ring is 1. The quantitative estimate of drug-likeness (QED) is 0.214. The molecule has 3 N–H and O–H groups in total. The molecule has 0 amide bonds. The molecule has 2 aromatic heterocycles. The van der Waals surface area contributed by atoms with Crippen molar-refractivity contribution in [3.8, 4) is 17.0 Å². The molecule has 252 valence electrons. The first kappa shape index (κ1) is 33.0. The lowest BCUT2D eigenvalue weighted by molar-refractivity contribution is 0.00731. The minimum absolute atomic E-state index is 0.101. The van der Waals surface area contributed by atoms with Gasteiger partial charge in [-0.25, -0.2) is 26.6 Å². The van der Waals surface area contributed by atoms with Crippen LogP contribution in [0.5, 0.6) is 5.75 Å². The number of fused-ring (bicyclic) bond motifs is 1. The Morgan fingerprint density at radius 2 is 1.77 bits per heavy atom. The number of benzene rings is 2. The van der Waals surface area contributed by atoms with Crippen LogP contribution in [0, 0.1) is 17.5 Å². The van der Waals surface area contributed by atoms with Gasteiger partial charge in [-0.3, -0.25) is 14.3 Å². The predicted molar refractivity (Wildman–Crippen MR) is 173 cm³/mol. The molecule has 2 fully saturated rings. The molecule has 14 heteroatoms. The summed E-state index contributed by atoms with van der Waals surface area (Å²) in [6.07, 6.45) is 5.70. The van der Waals surface area contributed by atoms with Crippen molar-refractivity contribution < 1.29 is 31.1 Å². The third kappa shape index (κ3) is 6.50. The predicted octanol–water partition coefficient (Wildman–Crippen LogP) is 6.24. The van der Waals surface area contributed by atoms with Gasteiger partial charge in [0, 0.05) is 49.1 Å². The molecule has 2 aromatic carbocycles. The van der Waals surface area contributed by atoms with Crippen LogP contribution in [0.2, 0.25) is 0 Å². The number of ether oxygens (including phenoxy) is 2. The first-order chi connectivity index (χ1) is 22.5. The van der Waals surface area contributed by atoms with Crippen LogP contribution in [-0.2, 0) is 14.8 Å². The number of nitrogens with two attached hydrogens (primary N) is 1. The average molecular weight is 673 g/mol. The number of anilines is 2. The van der Waals surface area contributed by atoms with Crippen LogP contribution in [0.1, 0.15) is 64.0 Å². The van der Waals surface area contributed by atoms with Crippen LogP contribution in [0.3, 0.4) is 0 Å². The molecule has 1 aliphatic carbocycles. The van der Waals surface area contributed by atoms with Gasteiger partial charge in [0.2, 0.25) is 0 Å². The number of halogens is 3. The standard InChI is InChI=1S/C33H39F3N6O4S/c1-4-46-22-9-10-25(34)29(15-22)47(43,44)40-28-17-26(35)23(16-27(28)36)31-30-32(42(39-31)19(2)3)24(18-38-33(30)37)20-5-7-21(8-6-20)41-11-13-45-14-12-41/h9-10,15-21,40H,4-8,11-14H2,1-3H3,(H2,37,38). The molecule has 47 heavy (non-hydrogen) atoms. The summed E-state index contributed by atoms with van der Waals surface area (Å²) in [7, 11) is -4.65. The van der Waals surface area contributed by atoms with Gasteiger partial charge in [0.05, 0.1) is 36.4 Å². The molecule has 0 unspecified atom stereocenters. The summed E-state index contributed by atoms with van der Waals surface area (Å²) in [6.45, 7) is 9.18. The van der Waals surface area contributed by atoms with Gasteiger partial charge in [-0.05, 0) is 76.1 Å². The maximum Gasteiger partial charge on any atom is 0.265 e. The Morgan fingerprint density at radius 1 is 1.04 bits per heavy atom. The van der Waals surface area contributed by atoms with Crippen LogP contribution in [0.15, 0.2) is 41.4 Å². The van der Waals surface area contributed by atoms with Crippen LogP contribution in [0.4, 0.5) is 24.7 Å². The van der Waals surface area contributed by atoms with E-state index in [1.54, 1.807) is 17.8 Å². The largest absolute Gasteiger partial charge is 0.494 e. The summed E-state index contributed by atoms with van der Waals surface area (Å²) < 4.78 is 86.6. The van der Waals surface area contributed by atoms with E-state index in [9.17, 15) is 12.8 Å². The Kier molecular flexibility index (Phi) is 9.36. The molecule has 3 heterocycles. The molecule has 6 rings (SSSR count). The summed E-state index contributed by atoms with van der Waals surface area (Å²) >= 11 is 0. The fourth-order valence-corrected chi connectivity index (χ4v) is 7.88. The first-order valence-corrected chi connectivity index (χ1v) is 17.4. The highest BCUT2D eigenvalue weighted by Crippen LogP contribution is 2.43. The zero-order valence-electron chi connectivity index (χ0n) is 26.6. The minimum Gasteiger partial charge on any atom is -0.494 e. The topological polar surface area (TPSA) is 125 Å². The molecule has 2 aliphatic rings. The van der Waals surface area contributed by atoms with Crippen LogP contribution in [0.25, 0.3) is 22.2 Å². The fraction of sp³-hybridized carbons (Fsp3) is 0.455. The van der Waals surface area contributed by atoms with Gasteiger partial charge in [0.1, 0.15) is 39.6 Å². The van der Waals surface area contributed by atoms with Crippen LogP contribution < -0.4 is 15.2 Å². The summed E-state index contributed by atoms with van der Waals surface area (Å²) in [5.74, 6) is -2.68. The van der Waals surface area contributed by atoms with Crippen molar-refractivity contribution in [1.29, 1.82) is 0 Å². The molecule has 0 bridgehead atoms. The average Bonchev–Trinajstić information content (AvgIpc) is 3.46. The third-order valence-electron chi connectivity index (χ3n) is 9.03. The van der Waals surface area contributed by atoms with Crippen molar-refractivity contribution in [1.82, 2.24) is 19.7 Å². The number of nitrogens with one attached hydrogen (secondary N) is 1. The van der Waals surface area contributed by atoms with Gasteiger partial charge in [0.25, 0.3) is 10.0 Å². The van der Waals surface area contributed by atoms with E-state index < -0.39 is 38.1 Å². The minimum atomic E-state index is -4.65. The number of morpholine rings is 1. The SMILES string of the molecule is CCOc1ccc(F)c(S(=O)(=O)Nc2cc(F)c(-c3nn(C(C)C)c4c(C5CCC(N6CCOCC6)CC5)cnc(N)c34)cc2F)c1. The molecule has 1 saturated heterocycles. The summed E-state index contributed by atoms with van der Waals surface area (Å²) in [5, 5.41) is 5.13. The number of sulfonamides is 1. The van der Waals surface area contributed by atoms with E-state index in [4.69, 9.17) is 20.3 Å². The highest BCUT2D eigenvalue weighted by molar-refractivity contribution is 7.92. The van der Waals surface area contributed by atoms with Gasteiger partial charge in [-0.15, -0.1) is 0 Å². The van der Waals surface area contributed by atoms with E-state index in [-0.39, 0.29) is 41.4 Å². The summed E-state index contributed by atoms with van der Waals surface area (Å²) in [5.41, 5.74) is 7.30. The lowest BCUT2D eigenvalue weighted by Gasteiger charge is -2.39. The highest BCUT2D eigenvalue weighted by Gasteiger charge is 2.32. The molecule has 0 spiro atoms. The number of hydrogen-bond acceptors (Lipinski definition) is 8. The van der Waals surface area contributed by atoms with E-state index in [2.05, 4.69) is 9.88 Å². The number of hydrogen-bond donors (Lipinski definition) is 2. The van der Waals surface area contributed by atoms with Gasteiger partial charge < -0.3 is 15.2 Å². The second-order valence-corrected chi connectivity index (χ2v) is 14.0. The normalized spacial score (nSPS) is 19.4. The number of nitrogens with zero attached hydrogens (tertiary/aromatic N) is 4. The Bertz CT molecular complexity index is 1890. The van der Waals surface area contributed by atoms with Crippen molar-refractivity contribution in [3.05, 3.63) is 59.5 Å². The van der Waals surface area contributed by atoms with Gasteiger partial charge in [0.15, 0.2) is 0 Å². The Labute approximate surface area is 272 Å². The monoisotopic (exact) mass is 672 g/mol. The number of pyridine rings is 1. The van der Waals surface area contributed by atoms with Crippen molar-refractivity contribution in [2.24, 2.45) is 0 Å². The molecular weight excluding hydrogens is 633 g/mol. The molecule has 0 radical (unpaired) electrons. The zero-order chi connectivity index (χ0) is 33.5. The number of aromatic nitrogens is 3. The maximum absolute atomic E-state index is 15.9. The fourth-order valence-electron chi connectivity index (χ4n) is 6.73. The molecule has 0 atom stereocenters. The van der Waals surface area contributed by atoms with Gasteiger partial charge >= 0.3 is 0 Å². The van der Waals surface area contributed by atoms with Crippen LogP contribution in [-0.4, -0.2) is 67.0 Å². The van der Waals surface area contributed by atoms with E-state index in [1.807, 2.05) is 18.6 Å². The first-order valence-electron chi connectivity index (χ1n) is 15.9. The smallest absolute Gasteiger partial charge is 0.265 e. The second-order valence-electron chi connectivity index (χ2n) is 12.3. The summed E-state index contributed by atoms with van der Waals surface area (Å²) in [4.78, 5) is 6.21. The van der Waals surface area contributed by atoms with Crippen molar-refractivity contribution in [2.45, 2.75) is 69.4 Å². The molecular formula is C33H39F3N6O4S. The molecule has 4 aromatic rings. The third-order valence-corrected chi connectivity index (χ3v) is 10.4. The van der Waals surface area contributed by atoms with Gasteiger partial charge in [-0.1, -0.05) is 0 Å². The lowest BCUT2D eigenvalue weighted by Crippen LogP contribution is -2.44. The molecule has 1 aliphatic heterocycles. The maximum atomic E-state index is 15.9. The highest BCUT2D eigenvalue weighted by atomic mass is 32.2.